The third kappa shape index (κ3) is 6.39. The van der Waals surface area contributed by atoms with Gasteiger partial charge < -0.3 is 15.1 Å². The molecule has 0 aliphatic rings. The molecule has 0 atom stereocenters. The van der Waals surface area contributed by atoms with Crippen molar-refractivity contribution >= 4 is 29.7 Å². The van der Waals surface area contributed by atoms with Gasteiger partial charge in [-0.1, -0.05) is 42.5 Å². The molecule has 3 aromatic rings. The second-order valence-electron chi connectivity index (χ2n) is 6.63. The summed E-state index contributed by atoms with van der Waals surface area (Å²) in [4.78, 5) is 25.2. The molecule has 0 saturated carbocycles. The summed E-state index contributed by atoms with van der Waals surface area (Å²) >= 11 is 1.75. The van der Waals surface area contributed by atoms with Gasteiger partial charge >= 0.3 is 0 Å². The van der Waals surface area contributed by atoms with Crippen LogP contribution in [0.15, 0.2) is 83.1 Å². The van der Waals surface area contributed by atoms with Gasteiger partial charge in [-0.2, -0.15) is 11.8 Å². The first kappa shape index (κ1) is 21.5. The molecule has 2 amide bonds. The Morgan fingerprint density at radius 1 is 1.00 bits per heavy atom. The molecule has 6 heteroatoms. The molecule has 1 heterocycles. The van der Waals surface area contributed by atoms with Crippen molar-refractivity contribution in [1.82, 2.24) is 10.6 Å². The summed E-state index contributed by atoms with van der Waals surface area (Å²) in [5, 5.41) is 5.56. The first-order valence-corrected chi connectivity index (χ1v) is 10.8. The van der Waals surface area contributed by atoms with E-state index in [1.165, 1.54) is 23.5 Å². The van der Waals surface area contributed by atoms with Crippen LogP contribution in [0.25, 0.3) is 6.08 Å². The van der Waals surface area contributed by atoms with Crippen LogP contribution in [0.4, 0.5) is 0 Å². The summed E-state index contributed by atoms with van der Waals surface area (Å²) in [6.07, 6.45) is 3.04. The maximum atomic E-state index is 12.7. The number of hydrogen-bond donors (Lipinski definition) is 2. The lowest BCUT2D eigenvalue weighted by atomic mass is 10.1. The molecule has 0 aliphatic heterocycles. The first-order valence-electron chi connectivity index (χ1n) is 9.65. The number of rotatable bonds is 9. The van der Waals surface area contributed by atoms with Gasteiger partial charge in [0.05, 0.1) is 6.26 Å². The van der Waals surface area contributed by atoms with E-state index < -0.39 is 0 Å². The number of benzene rings is 2. The van der Waals surface area contributed by atoms with Crippen molar-refractivity contribution in [3.8, 4) is 0 Å². The number of amides is 2. The molecule has 3 rings (SSSR count). The number of furan rings is 1. The molecule has 0 bridgehead atoms. The third-order valence-corrected chi connectivity index (χ3v) is 5.42. The van der Waals surface area contributed by atoms with Gasteiger partial charge in [-0.25, -0.2) is 0 Å². The Bertz CT molecular complexity index is 998. The minimum absolute atomic E-state index is 0.141. The van der Waals surface area contributed by atoms with E-state index >= 15 is 0 Å². The highest BCUT2D eigenvalue weighted by Gasteiger charge is 2.15. The molecule has 0 fully saturated rings. The van der Waals surface area contributed by atoms with Crippen LogP contribution < -0.4 is 10.6 Å². The highest BCUT2D eigenvalue weighted by atomic mass is 32.2. The highest BCUT2D eigenvalue weighted by molar-refractivity contribution is 7.98. The lowest BCUT2D eigenvalue weighted by Crippen LogP contribution is -2.35. The van der Waals surface area contributed by atoms with Gasteiger partial charge in [0.1, 0.15) is 11.5 Å². The normalized spacial score (nSPS) is 11.2. The number of thioether (sulfide) groups is 1. The second-order valence-corrected chi connectivity index (χ2v) is 7.73. The van der Waals surface area contributed by atoms with Crippen LogP contribution in [0, 0.1) is 6.92 Å². The maximum Gasteiger partial charge on any atom is 0.267 e. The maximum absolute atomic E-state index is 12.7. The zero-order valence-electron chi connectivity index (χ0n) is 16.8. The van der Waals surface area contributed by atoms with E-state index in [-0.39, 0.29) is 17.5 Å². The SMILES string of the molecule is Cc1ccccc1CSCCNC(=O)/C(=C/c1ccco1)NC(=O)c1ccccc1. The zero-order chi connectivity index (χ0) is 21.2. The lowest BCUT2D eigenvalue weighted by molar-refractivity contribution is -0.117. The van der Waals surface area contributed by atoms with Crippen molar-refractivity contribution in [2.75, 3.05) is 12.3 Å². The lowest BCUT2D eigenvalue weighted by Gasteiger charge is -2.11. The van der Waals surface area contributed by atoms with Gasteiger partial charge in [0.2, 0.25) is 0 Å². The molecule has 154 valence electrons. The van der Waals surface area contributed by atoms with Crippen molar-refractivity contribution < 1.29 is 14.0 Å². The van der Waals surface area contributed by atoms with Crippen LogP contribution in [0.2, 0.25) is 0 Å². The fourth-order valence-electron chi connectivity index (χ4n) is 2.74. The topological polar surface area (TPSA) is 71.3 Å². The van der Waals surface area contributed by atoms with E-state index in [4.69, 9.17) is 4.42 Å². The van der Waals surface area contributed by atoms with E-state index in [1.54, 1.807) is 48.2 Å². The van der Waals surface area contributed by atoms with Crippen molar-refractivity contribution in [2.45, 2.75) is 12.7 Å². The van der Waals surface area contributed by atoms with Crippen LogP contribution in [-0.4, -0.2) is 24.1 Å². The van der Waals surface area contributed by atoms with E-state index in [9.17, 15) is 9.59 Å². The fourth-order valence-corrected chi connectivity index (χ4v) is 3.68. The highest BCUT2D eigenvalue weighted by Crippen LogP contribution is 2.15. The molecule has 1 aromatic heterocycles. The fraction of sp³-hybridized carbons (Fsp3) is 0.167. The van der Waals surface area contributed by atoms with Gasteiger partial charge in [-0.3, -0.25) is 9.59 Å². The molecule has 2 aromatic carbocycles. The van der Waals surface area contributed by atoms with Gasteiger partial charge in [-0.05, 0) is 42.3 Å². The third-order valence-electron chi connectivity index (χ3n) is 4.41. The average Bonchev–Trinajstić information content (AvgIpc) is 3.28. The van der Waals surface area contributed by atoms with Crippen LogP contribution in [0.5, 0.6) is 0 Å². The smallest absolute Gasteiger partial charge is 0.267 e. The van der Waals surface area contributed by atoms with E-state index in [0.29, 0.717) is 17.9 Å². The summed E-state index contributed by atoms with van der Waals surface area (Å²) < 4.78 is 5.29. The van der Waals surface area contributed by atoms with Crippen molar-refractivity contribution in [3.63, 3.8) is 0 Å². The summed E-state index contributed by atoms with van der Waals surface area (Å²) in [6.45, 7) is 2.59. The van der Waals surface area contributed by atoms with E-state index in [0.717, 1.165) is 11.5 Å². The summed E-state index contributed by atoms with van der Waals surface area (Å²) in [7, 11) is 0. The molecular weight excluding hydrogens is 396 g/mol. The molecule has 2 N–H and O–H groups in total. The van der Waals surface area contributed by atoms with Gasteiger partial charge in [0.25, 0.3) is 11.8 Å². The number of aryl methyl sites for hydroxylation is 1. The standard InChI is InChI=1S/C24H24N2O3S/c1-18-8-5-6-11-20(18)17-30-15-13-25-24(28)22(16-21-12-7-14-29-21)26-23(27)19-9-3-2-4-10-19/h2-12,14,16H,13,15,17H2,1H3,(H,25,28)(H,26,27)/b22-16-. The molecule has 0 aliphatic carbocycles. The Morgan fingerprint density at radius 2 is 1.77 bits per heavy atom. The van der Waals surface area contributed by atoms with E-state index in [1.807, 2.05) is 18.2 Å². The van der Waals surface area contributed by atoms with Crippen molar-refractivity contribution in [2.24, 2.45) is 0 Å². The van der Waals surface area contributed by atoms with Crippen molar-refractivity contribution in [3.05, 3.63) is 101 Å². The van der Waals surface area contributed by atoms with Crippen LogP contribution in [0.1, 0.15) is 27.2 Å². The molecule has 0 spiro atoms. The molecule has 0 radical (unpaired) electrons. The summed E-state index contributed by atoms with van der Waals surface area (Å²) in [5.74, 6) is 1.44. The Hall–Kier alpha value is -3.25. The Kier molecular flexibility index (Phi) is 7.92. The largest absolute Gasteiger partial charge is 0.465 e. The number of carbonyl (C=O) groups excluding carboxylic acids is 2. The zero-order valence-corrected chi connectivity index (χ0v) is 17.6. The number of nitrogens with one attached hydrogen (secondary N) is 2. The minimum Gasteiger partial charge on any atom is -0.465 e. The predicted molar refractivity (Wildman–Crippen MR) is 121 cm³/mol. The quantitative estimate of drug-likeness (QED) is 0.397. The monoisotopic (exact) mass is 420 g/mol. The number of hydrogen-bond acceptors (Lipinski definition) is 4. The Labute approximate surface area is 180 Å². The van der Waals surface area contributed by atoms with Gasteiger partial charge in [0.15, 0.2) is 0 Å². The van der Waals surface area contributed by atoms with Crippen molar-refractivity contribution in [1.29, 1.82) is 0 Å². The molecule has 0 saturated heterocycles. The molecule has 0 unspecified atom stereocenters. The Morgan fingerprint density at radius 3 is 2.50 bits per heavy atom. The van der Waals surface area contributed by atoms with Crippen LogP contribution >= 0.6 is 11.8 Å². The summed E-state index contributed by atoms with van der Waals surface area (Å²) in [5.41, 5.74) is 3.18. The predicted octanol–water partition coefficient (Wildman–Crippen LogP) is 4.41. The summed E-state index contributed by atoms with van der Waals surface area (Å²) in [6, 6.07) is 20.5. The molecular formula is C24H24N2O3S. The van der Waals surface area contributed by atoms with Gasteiger partial charge in [-0.15, -0.1) is 0 Å². The van der Waals surface area contributed by atoms with Crippen LogP contribution in [0.3, 0.4) is 0 Å². The molecule has 30 heavy (non-hydrogen) atoms. The number of carbonyl (C=O) groups is 2. The first-order chi connectivity index (χ1) is 14.6. The molecule has 5 nitrogen and oxygen atoms in total. The average molecular weight is 421 g/mol. The van der Waals surface area contributed by atoms with Crippen LogP contribution in [-0.2, 0) is 10.5 Å². The van der Waals surface area contributed by atoms with E-state index in [2.05, 4.69) is 29.7 Å². The van der Waals surface area contributed by atoms with Gasteiger partial charge in [0, 0.05) is 29.7 Å². The second kappa shape index (κ2) is 11.1. The minimum atomic E-state index is -0.354. The Balaban J connectivity index is 1.56.